The van der Waals surface area contributed by atoms with E-state index in [-0.39, 0.29) is 0 Å². The van der Waals surface area contributed by atoms with Crippen LogP contribution < -0.4 is 5.32 Å². The summed E-state index contributed by atoms with van der Waals surface area (Å²) < 4.78 is 0. The number of hydrogen-bond acceptors (Lipinski definition) is 2. The predicted molar refractivity (Wildman–Crippen MR) is 77.8 cm³/mol. The molecule has 0 radical (unpaired) electrons. The number of aryl methyl sites for hydroxylation is 1. The van der Waals surface area contributed by atoms with Gasteiger partial charge in [-0.25, -0.2) is 4.79 Å². The van der Waals surface area contributed by atoms with Crippen LogP contribution in [-0.2, 0) is 0 Å². The topological polar surface area (TPSA) is 49.3 Å². The van der Waals surface area contributed by atoms with E-state index in [0.717, 1.165) is 30.1 Å². The monoisotopic (exact) mass is 261 g/mol. The third kappa shape index (κ3) is 3.98. The van der Waals surface area contributed by atoms with Crippen LogP contribution in [0.1, 0.15) is 54.4 Å². The molecule has 1 aliphatic carbocycles. The lowest BCUT2D eigenvalue weighted by Crippen LogP contribution is -2.13. The first-order chi connectivity index (χ1) is 9.16. The normalized spacial score (nSPS) is 16.3. The Morgan fingerprint density at radius 3 is 2.74 bits per heavy atom. The van der Waals surface area contributed by atoms with Crippen LogP contribution in [-0.4, -0.2) is 17.6 Å². The van der Waals surface area contributed by atoms with Crippen molar-refractivity contribution in [2.75, 3.05) is 11.9 Å². The standard InChI is InChI=1S/C16H23NO2/c1-12-7-8-15(14(11-12)16(18)19)17-10-9-13-5-3-2-4-6-13/h7-8,11,13,17H,2-6,9-10H2,1H3,(H,18,19). The summed E-state index contributed by atoms with van der Waals surface area (Å²) in [5.41, 5.74) is 2.10. The number of nitrogens with one attached hydrogen (secondary N) is 1. The second-order valence-electron chi connectivity index (χ2n) is 5.57. The SMILES string of the molecule is Cc1ccc(NCCC2CCCCC2)c(C(=O)O)c1. The zero-order chi connectivity index (χ0) is 13.7. The molecule has 2 rings (SSSR count). The summed E-state index contributed by atoms with van der Waals surface area (Å²) in [6.45, 7) is 2.78. The van der Waals surface area contributed by atoms with Crippen molar-refractivity contribution >= 4 is 11.7 Å². The molecule has 2 N–H and O–H groups in total. The maximum absolute atomic E-state index is 11.2. The number of carbonyl (C=O) groups is 1. The Bertz CT molecular complexity index is 436. The Kier molecular flexibility index (Phi) is 4.83. The van der Waals surface area contributed by atoms with Gasteiger partial charge in [-0.1, -0.05) is 43.7 Å². The molecule has 0 spiro atoms. The van der Waals surface area contributed by atoms with Gasteiger partial charge in [0.2, 0.25) is 0 Å². The van der Waals surface area contributed by atoms with Crippen molar-refractivity contribution in [3.8, 4) is 0 Å². The van der Waals surface area contributed by atoms with Crippen molar-refractivity contribution < 1.29 is 9.90 Å². The molecule has 0 unspecified atom stereocenters. The lowest BCUT2D eigenvalue weighted by molar-refractivity contribution is 0.0698. The Balaban J connectivity index is 1.89. The summed E-state index contributed by atoms with van der Waals surface area (Å²) in [7, 11) is 0. The maximum atomic E-state index is 11.2. The lowest BCUT2D eigenvalue weighted by atomic mass is 9.87. The number of hydrogen-bond donors (Lipinski definition) is 2. The number of anilines is 1. The zero-order valence-electron chi connectivity index (χ0n) is 11.6. The van der Waals surface area contributed by atoms with Crippen molar-refractivity contribution in [2.24, 2.45) is 5.92 Å². The summed E-state index contributed by atoms with van der Waals surface area (Å²) in [6, 6.07) is 5.56. The van der Waals surface area contributed by atoms with E-state index in [2.05, 4.69) is 5.32 Å². The van der Waals surface area contributed by atoms with Crippen LogP contribution >= 0.6 is 0 Å². The fraction of sp³-hybridized carbons (Fsp3) is 0.562. The van der Waals surface area contributed by atoms with E-state index in [9.17, 15) is 9.90 Å². The fourth-order valence-electron chi connectivity index (χ4n) is 2.88. The summed E-state index contributed by atoms with van der Waals surface area (Å²) in [5.74, 6) is -0.0381. The smallest absolute Gasteiger partial charge is 0.337 e. The molecule has 19 heavy (non-hydrogen) atoms. The van der Waals surface area contributed by atoms with Gasteiger partial charge in [0.15, 0.2) is 0 Å². The molecule has 0 saturated heterocycles. The van der Waals surface area contributed by atoms with Crippen molar-refractivity contribution in [1.82, 2.24) is 0 Å². The molecule has 0 aromatic heterocycles. The third-order valence-electron chi connectivity index (χ3n) is 4.00. The van der Waals surface area contributed by atoms with Crippen LogP contribution in [0.25, 0.3) is 0 Å². The van der Waals surface area contributed by atoms with Crippen LogP contribution in [0.4, 0.5) is 5.69 Å². The molecule has 1 saturated carbocycles. The molecule has 1 aliphatic rings. The Hall–Kier alpha value is -1.51. The van der Waals surface area contributed by atoms with Crippen LogP contribution in [0.15, 0.2) is 18.2 Å². The van der Waals surface area contributed by atoms with Gasteiger partial charge in [0.1, 0.15) is 0 Å². The second-order valence-corrected chi connectivity index (χ2v) is 5.57. The van der Waals surface area contributed by atoms with Crippen molar-refractivity contribution in [3.05, 3.63) is 29.3 Å². The zero-order valence-corrected chi connectivity index (χ0v) is 11.6. The maximum Gasteiger partial charge on any atom is 0.337 e. The molecule has 0 atom stereocenters. The number of rotatable bonds is 5. The van der Waals surface area contributed by atoms with Crippen molar-refractivity contribution in [3.63, 3.8) is 0 Å². The first-order valence-electron chi connectivity index (χ1n) is 7.24. The minimum absolute atomic E-state index is 0.378. The molecule has 1 aromatic rings. The Labute approximate surface area is 115 Å². The lowest BCUT2D eigenvalue weighted by Gasteiger charge is -2.22. The summed E-state index contributed by atoms with van der Waals surface area (Å²) >= 11 is 0. The van der Waals surface area contributed by atoms with Crippen LogP contribution in [0.3, 0.4) is 0 Å². The minimum atomic E-state index is -0.858. The van der Waals surface area contributed by atoms with E-state index >= 15 is 0 Å². The molecule has 0 heterocycles. The van der Waals surface area contributed by atoms with Crippen LogP contribution in [0, 0.1) is 12.8 Å². The van der Waals surface area contributed by atoms with E-state index < -0.39 is 5.97 Å². The van der Waals surface area contributed by atoms with E-state index in [4.69, 9.17) is 0 Å². The predicted octanol–water partition coefficient (Wildman–Crippen LogP) is 4.08. The third-order valence-corrected chi connectivity index (χ3v) is 4.00. The van der Waals surface area contributed by atoms with Gasteiger partial charge in [0.05, 0.1) is 5.56 Å². The molecule has 0 bridgehead atoms. The van der Waals surface area contributed by atoms with Crippen LogP contribution in [0.2, 0.25) is 0 Å². The molecular formula is C16H23NO2. The molecule has 0 amide bonds. The Morgan fingerprint density at radius 1 is 1.32 bits per heavy atom. The number of aromatic carboxylic acids is 1. The highest BCUT2D eigenvalue weighted by Crippen LogP contribution is 2.26. The summed E-state index contributed by atoms with van der Waals surface area (Å²) in [6.07, 6.45) is 7.91. The first kappa shape index (κ1) is 13.9. The van der Waals surface area contributed by atoms with Gasteiger partial charge in [-0.2, -0.15) is 0 Å². The quantitative estimate of drug-likeness (QED) is 0.839. The largest absolute Gasteiger partial charge is 0.478 e. The molecule has 1 fully saturated rings. The molecule has 3 nitrogen and oxygen atoms in total. The summed E-state index contributed by atoms with van der Waals surface area (Å²) in [4.78, 5) is 11.2. The highest BCUT2D eigenvalue weighted by atomic mass is 16.4. The molecule has 1 aromatic carbocycles. The fourth-order valence-corrected chi connectivity index (χ4v) is 2.88. The average Bonchev–Trinajstić information content (AvgIpc) is 2.41. The summed E-state index contributed by atoms with van der Waals surface area (Å²) in [5, 5.41) is 12.5. The van der Waals surface area contributed by atoms with Gasteiger partial charge >= 0.3 is 5.97 Å². The van der Waals surface area contributed by atoms with E-state index in [1.165, 1.54) is 32.1 Å². The van der Waals surface area contributed by atoms with Gasteiger partial charge < -0.3 is 10.4 Å². The van der Waals surface area contributed by atoms with E-state index in [1.54, 1.807) is 6.07 Å². The molecule has 0 aliphatic heterocycles. The highest BCUT2D eigenvalue weighted by molar-refractivity contribution is 5.94. The highest BCUT2D eigenvalue weighted by Gasteiger charge is 2.14. The first-order valence-corrected chi connectivity index (χ1v) is 7.24. The van der Waals surface area contributed by atoms with Crippen molar-refractivity contribution in [2.45, 2.75) is 45.4 Å². The van der Waals surface area contributed by atoms with Gasteiger partial charge in [0, 0.05) is 12.2 Å². The van der Waals surface area contributed by atoms with E-state index in [0.29, 0.717) is 5.56 Å². The molecule has 3 heteroatoms. The number of carboxylic acid groups (broad SMARTS) is 1. The molecule has 104 valence electrons. The average molecular weight is 261 g/mol. The van der Waals surface area contributed by atoms with E-state index in [1.807, 2.05) is 19.1 Å². The minimum Gasteiger partial charge on any atom is -0.478 e. The van der Waals surface area contributed by atoms with Gasteiger partial charge in [-0.05, 0) is 31.4 Å². The van der Waals surface area contributed by atoms with Crippen LogP contribution in [0.5, 0.6) is 0 Å². The second kappa shape index (κ2) is 6.60. The number of benzene rings is 1. The van der Waals surface area contributed by atoms with Gasteiger partial charge in [-0.3, -0.25) is 0 Å². The van der Waals surface area contributed by atoms with Gasteiger partial charge in [0.25, 0.3) is 0 Å². The molecular weight excluding hydrogens is 238 g/mol. The van der Waals surface area contributed by atoms with Gasteiger partial charge in [-0.15, -0.1) is 0 Å². The number of carboxylic acids is 1. The Morgan fingerprint density at radius 2 is 2.05 bits per heavy atom. The van der Waals surface area contributed by atoms with Crippen molar-refractivity contribution in [1.29, 1.82) is 0 Å².